The van der Waals surface area contributed by atoms with Crippen LogP contribution >= 0.6 is 0 Å². The van der Waals surface area contributed by atoms with Crippen LogP contribution in [0.1, 0.15) is 12.6 Å². The van der Waals surface area contributed by atoms with Gasteiger partial charge in [0, 0.05) is 32.7 Å². The summed E-state index contributed by atoms with van der Waals surface area (Å²) in [6, 6.07) is 0. The Morgan fingerprint density at radius 3 is 2.75 bits per heavy atom. The van der Waals surface area contributed by atoms with Gasteiger partial charge in [-0.3, -0.25) is 0 Å². The van der Waals surface area contributed by atoms with Crippen LogP contribution in [0.15, 0.2) is 18.6 Å². The van der Waals surface area contributed by atoms with Crippen molar-refractivity contribution in [1.29, 1.82) is 0 Å². The maximum atomic E-state index is 10.5. The third-order valence-corrected chi connectivity index (χ3v) is 1.26. The molecule has 0 fully saturated rings. The predicted molar refractivity (Wildman–Crippen MR) is 38.8 cm³/mol. The van der Waals surface area contributed by atoms with Crippen molar-refractivity contribution in [2.24, 2.45) is 0 Å². The predicted octanol–water partition coefficient (Wildman–Crippen LogP) is 0.524. The summed E-state index contributed by atoms with van der Waals surface area (Å²) in [4.78, 5) is 17.9. The van der Waals surface area contributed by atoms with Crippen molar-refractivity contribution in [2.45, 2.75) is 6.92 Å². The first-order valence-corrected chi connectivity index (χ1v) is 3.08. The minimum atomic E-state index is -0.979. The quantitative estimate of drug-likeness (QED) is 0.765. The van der Waals surface area contributed by atoms with Crippen LogP contribution in [0.25, 0.3) is 5.57 Å². The molecule has 61 valence electrons. The van der Waals surface area contributed by atoms with Crippen molar-refractivity contribution in [3.63, 3.8) is 0 Å². The van der Waals surface area contributed by atoms with E-state index < -0.39 is 5.97 Å². The average Bonchev–Trinajstić information content (AvgIpc) is 2.40. The van der Waals surface area contributed by atoms with Gasteiger partial charge in [0.25, 0.3) is 0 Å². The fraction of sp³-hybridized carbons (Fsp3) is 0.143. The zero-order valence-corrected chi connectivity index (χ0v) is 9.40. The second-order valence-corrected chi connectivity index (χ2v) is 1.92. The molecule has 0 spiro atoms. The van der Waals surface area contributed by atoms with Crippen LogP contribution in [-0.2, 0) is 37.5 Å². The van der Waals surface area contributed by atoms with Gasteiger partial charge in [0.15, 0.2) is 0 Å². The number of aromatic nitrogens is 2. The van der Waals surface area contributed by atoms with E-state index in [1.807, 2.05) is 0 Å². The molecule has 0 bridgehead atoms. The first-order valence-electron chi connectivity index (χ1n) is 3.08. The molecule has 12 heavy (non-hydrogen) atoms. The summed E-state index contributed by atoms with van der Waals surface area (Å²) in [5.74, 6) is -0.979. The first-order chi connectivity index (χ1) is 5.25. The molecule has 0 aliphatic heterocycles. The largest absolute Gasteiger partial charge is 0.478 e. The standard InChI is InChI=1S/C7H8N2O2.Y/c1-2-5(7(10)11)6-3-8-4-9-6;/h2-4H,1H3,(H2,8,9,10,11);/p-1/b5-2+;. The molecule has 1 radical (unpaired) electrons. The first kappa shape index (κ1) is 11.5. The van der Waals surface area contributed by atoms with Crippen LogP contribution in [0, 0.1) is 0 Å². The Morgan fingerprint density at radius 1 is 1.75 bits per heavy atom. The van der Waals surface area contributed by atoms with Crippen LogP contribution in [0.2, 0.25) is 0 Å². The second kappa shape index (κ2) is 5.22. The number of carbonyl (C=O) groups is 1. The third kappa shape index (κ3) is 2.53. The molecule has 0 atom stereocenters. The van der Waals surface area contributed by atoms with Gasteiger partial charge in [-0.25, -0.2) is 4.79 Å². The van der Waals surface area contributed by atoms with E-state index in [9.17, 15) is 4.79 Å². The molecule has 4 nitrogen and oxygen atoms in total. The van der Waals surface area contributed by atoms with Gasteiger partial charge in [-0.2, -0.15) is 0 Å². The van der Waals surface area contributed by atoms with Crippen molar-refractivity contribution in [2.75, 3.05) is 0 Å². The number of carboxylic acid groups (broad SMARTS) is 1. The van der Waals surface area contributed by atoms with Gasteiger partial charge < -0.3 is 15.1 Å². The number of carboxylic acids is 1. The van der Waals surface area contributed by atoms with Gasteiger partial charge in [0.05, 0.1) is 5.57 Å². The molecule has 5 heteroatoms. The van der Waals surface area contributed by atoms with Gasteiger partial charge in [-0.15, -0.1) is 0 Å². The summed E-state index contributed by atoms with van der Waals surface area (Å²) in [6.07, 6.45) is 4.23. The van der Waals surface area contributed by atoms with E-state index in [1.54, 1.807) is 6.92 Å². The maximum Gasteiger partial charge on any atom is 0.335 e. The fourth-order valence-corrected chi connectivity index (χ4v) is 0.753. The van der Waals surface area contributed by atoms with Gasteiger partial charge in [0.1, 0.15) is 0 Å². The van der Waals surface area contributed by atoms with Crippen molar-refractivity contribution >= 4 is 11.5 Å². The molecule has 0 aromatic carbocycles. The molecule has 1 heterocycles. The molecule has 0 aliphatic rings. The van der Waals surface area contributed by atoms with Crippen molar-refractivity contribution in [1.82, 2.24) is 9.97 Å². The van der Waals surface area contributed by atoms with Crippen LogP contribution in [0.5, 0.6) is 0 Å². The second-order valence-electron chi connectivity index (χ2n) is 1.92. The van der Waals surface area contributed by atoms with E-state index in [4.69, 9.17) is 5.11 Å². The molecular weight excluding hydrogens is 233 g/mol. The van der Waals surface area contributed by atoms with E-state index in [2.05, 4.69) is 9.97 Å². The van der Waals surface area contributed by atoms with E-state index in [0.717, 1.165) is 0 Å². The van der Waals surface area contributed by atoms with E-state index in [0.29, 0.717) is 5.69 Å². The molecule has 0 saturated heterocycles. The monoisotopic (exact) mass is 240 g/mol. The van der Waals surface area contributed by atoms with E-state index >= 15 is 0 Å². The number of hydrogen-bond donors (Lipinski definition) is 1. The maximum absolute atomic E-state index is 10.5. The molecule has 0 saturated carbocycles. The number of nitrogens with zero attached hydrogens (tertiary/aromatic N) is 2. The molecule has 1 rings (SSSR count). The Balaban J connectivity index is 0.00000121. The molecule has 0 aliphatic carbocycles. The zero-order chi connectivity index (χ0) is 8.27. The number of allylic oxidation sites excluding steroid dienone is 1. The van der Waals surface area contributed by atoms with Crippen LogP contribution in [0.3, 0.4) is 0 Å². The molecule has 1 aromatic heterocycles. The topological polar surface area (TPSA) is 64.3 Å². The summed E-state index contributed by atoms with van der Waals surface area (Å²) in [5, 5.41) is 8.61. The van der Waals surface area contributed by atoms with Crippen molar-refractivity contribution in [3.05, 3.63) is 24.3 Å². The van der Waals surface area contributed by atoms with Gasteiger partial charge in [0.2, 0.25) is 0 Å². The Morgan fingerprint density at radius 2 is 2.42 bits per heavy atom. The fourth-order valence-electron chi connectivity index (χ4n) is 0.753. The SMILES string of the molecule is C/C=C(/C(=O)O)c1c[n-]cn1.[Y]. The summed E-state index contributed by atoms with van der Waals surface area (Å²) in [5.41, 5.74) is 0.586. The Bertz CT molecular complexity index is 280. The third-order valence-electron chi connectivity index (χ3n) is 1.26. The number of imidazole rings is 1. The molecule has 0 amide bonds. The minimum absolute atomic E-state index is 0. The Kier molecular flexibility index (Phi) is 5.01. The summed E-state index contributed by atoms with van der Waals surface area (Å²) in [6.45, 7) is 1.65. The van der Waals surface area contributed by atoms with Gasteiger partial charge >= 0.3 is 5.97 Å². The summed E-state index contributed by atoms with van der Waals surface area (Å²) >= 11 is 0. The van der Waals surface area contributed by atoms with E-state index in [1.165, 1.54) is 18.6 Å². The number of hydrogen-bond acceptors (Lipinski definition) is 2. The smallest absolute Gasteiger partial charge is 0.335 e. The number of rotatable bonds is 2. The van der Waals surface area contributed by atoms with Crippen LogP contribution in [-0.4, -0.2) is 16.1 Å². The normalized spacial score (nSPS) is 10.6. The molecule has 1 N–H and O–H groups in total. The summed E-state index contributed by atoms with van der Waals surface area (Å²) < 4.78 is 0. The van der Waals surface area contributed by atoms with Gasteiger partial charge in [-0.05, 0) is 12.6 Å². The van der Waals surface area contributed by atoms with E-state index in [-0.39, 0.29) is 38.3 Å². The Hall–Kier alpha value is -0.476. The van der Waals surface area contributed by atoms with Crippen molar-refractivity contribution < 1.29 is 42.6 Å². The molecule has 0 unspecified atom stereocenters. The van der Waals surface area contributed by atoms with Crippen LogP contribution < -0.4 is 4.98 Å². The zero-order valence-electron chi connectivity index (χ0n) is 6.56. The summed E-state index contributed by atoms with van der Waals surface area (Å²) in [7, 11) is 0. The Labute approximate surface area is 95.0 Å². The molecule has 1 aromatic rings. The minimum Gasteiger partial charge on any atom is -0.478 e. The van der Waals surface area contributed by atoms with Crippen LogP contribution in [0.4, 0.5) is 0 Å². The average molecular weight is 240 g/mol. The van der Waals surface area contributed by atoms with Gasteiger partial charge in [-0.1, -0.05) is 18.6 Å². The number of aliphatic carboxylic acids is 1. The molecular formula is C7H7N2O2Y-. The van der Waals surface area contributed by atoms with Crippen molar-refractivity contribution in [3.8, 4) is 0 Å².